The topological polar surface area (TPSA) is 85.3 Å². The molecule has 2 rings (SSSR count). The molecule has 0 saturated carbocycles. The van der Waals surface area contributed by atoms with Crippen LogP contribution in [0.3, 0.4) is 0 Å². The van der Waals surface area contributed by atoms with E-state index >= 15 is 0 Å². The molecule has 1 saturated heterocycles. The molecule has 18 heavy (non-hydrogen) atoms. The van der Waals surface area contributed by atoms with E-state index in [0.717, 1.165) is 25.2 Å². The van der Waals surface area contributed by atoms with Crippen molar-refractivity contribution in [3.05, 3.63) is 28.4 Å². The Morgan fingerprint density at radius 2 is 2.39 bits per heavy atom. The van der Waals surface area contributed by atoms with Gasteiger partial charge in [-0.1, -0.05) is 6.92 Å². The highest BCUT2D eigenvalue weighted by Gasteiger charge is 2.26. The standard InChI is InChI=1S/C12H18N4O2/c1-9-4-5-15(11(6-9)7-13)12-3-2-10(8-14-12)16(17)18/h2-3,8-9,11H,4-7,13H2,1H3. The number of rotatable bonds is 3. The van der Waals surface area contributed by atoms with Gasteiger partial charge in [-0.25, -0.2) is 4.98 Å². The van der Waals surface area contributed by atoms with Gasteiger partial charge in [0, 0.05) is 25.2 Å². The van der Waals surface area contributed by atoms with Gasteiger partial charge in [0.05, 0.1) is 4.92 Å². The van der Waals surface area contributed by atoms with Crippen molar-refractivity contribution in [2.24, 2.45) is 11.7 Å². The largest absolute Gasteiger partial charge is 0.352 e. The Balaban J connectivity index is 2.17. The lowest BCUT2D eigenvalue weighted by Gasteiger charge is -2.38. The molecule has 0 bridgehead atoms. The van der Waals surface area contributed by atoms with Crippen LogP contribution >= 0.6 is 0 Å². The van der Waals surface area contributed by atoms with Gasteiger partial charge in [0.25, 0.3) is 5.69 Å². The van der Waals surface area contributed by atoms with E-state index < -0.39 is 4.92 Å². The molecule has 2 N–H and O–H groups in total. The molecule has 0 aliphatic carbocycles. The van der Waals surface area contributed by atoms with Crippen molar-refractivity contribution in [3.63, 3.8) is 0 Å². The van der Waals surface area contributed by atoms with Crippen LogP contribution in [0.25, 0.3) is 0 Å². The highest BCUT2D eigenvalue weighted by molar-refractivity contribution is 5.44. The quantitative estimate of drug-likeness (QED) is 0.650. The van der Waals surface area contributed by atoms with Crippen LogP contribution in [0, 0.1) is 16.0 Å². The summed E-state index contributed by atoms with van der Waals surface area (Å²) in [6.45, 7) is 3.72. The Bertz CT molecular complexity index is 421. The number of aromatic nitrogens is 1. The second kappa shape index (κ2) is 5.30. The van der Waals surface area contributed by atoms with Gasteiger partial charge in [0.2, 0.25) is 0 Å². The fraction of sp³-hybridized carbons (Fsp3) is 0.583. The molecule has 0 amide bonds. The zero-order valence-electron chi connectivity index (χ0n) is 10.5. The fourth-order valence-electron chi connectivity index (χ4n) is 2.43. The molecule has 98 valence electrons. The number of pyridine rings is 1. The SMILES string of the molecule is CC1CCN(c2ccc([N+](=O)[O-])cn2)C(CN)C1. The monoisotopic (exact) mass is 250 g/mol. The van der Waals surface area contributed by atoms with Gasteiger partial charge < -0.3 is 10.6 Å². The Morgan fingerprint density at radius 1 is 1.61 bits per heavy atom. The first-order chi connectivity index (χ1) is 8.61. The molecule has 2 atom stereocenters. The average Bonchev–Trinajstić information content (AvgIpc) is 2.38. The van der Waals surface area contributed by atoms with Crippen molar-refractivity contribution in [2.45, 2.75) is 25.8 Å². The van der Waals surface area contributed by atoms with Crippen molar-refractivity contribution < 1.29 is 4.92 Å². The van der Waals surface area contributed by atoms with Crippen molar-refractivity contribution >= 4 is 11.5 Å². The summed E-state index contributed by atoms with van der Waals surface area (Å²) in [7, 11) is 0. The fourth-order valence-corrected chi connectivity index (χ4v) is 2.43. The van der Waals surface area contributed by atoms with Crippen LogP contribution in [-0.2, 0) is 0 Å². The highest BCUT2D eigenvalue weighted by Crippen LogP contribution is 2.26. The van der Waals surface area contributed by atoms with Gasteiger partial charge in [-0.3, -0.25) is 10.1 Å². The van der Waals surface area contributed by atoms with E-state index in [1.807, 2.05) is 0 Å². The molecule has 1 aromatic heterocycles. The van der Waals surface area contributed by atoms with Crippen LogP contribution in [0.1, 0.15) is 19.8 Å². The predicted molar refractivity (Wildman–Crippen MR) is 69.5 cm³/mol. The number of nitro groups is 1. The molecule has 0 aromatic carbocycles. The molecule has 0 spiro atoms. The van der Waals surface area contributed by atoms with E-state index in [2.05, 4.69) is 16.8 Å². The molecule has 6 heteroatoms. The second-order valence-corrected chi connectivity index (χ2v) is 4.84. The first-order valence-electron chi connectivity index (χ1n) is 6.19. The second-order valence-electron chi connectivity index (χ2n) is 4.84. The third-order valence-corrected chi connectivity index (χ3v) is 3.49. The minimum Gasteiger partial charge on any atom is -0.352 e. The smallest absolute Gasteiger partial charge is 0.287 e. The van der Waals surface area contributed by atoms with Crippen LogP contribution in [0.2, 0.25) is 0 Å². The number of hydrogen-bond donors (Lipinski definition) is 1. The summed E-state index contributed by atoms with van der Waals surface area (Å²) in [5, 5.41) is 10.6. The summed E-state index contributed by atoms with van der Waals surface area (Å²) in [5.74, 6) is 1.45. The van der Waals surface area contributed by atoms with E-state index in [0.29, 0.717) is 12.5 Å². The minimum atomic E-state index is -0.435. The maximum atomic E-state index is 10.6. The zero-order chi connectivity index (χ0) is 13.1. The van der Waals surface area contributed by atoms with Gasteiger partial charge in [0.1, 0.15) is 12.0 Å². The summed E-state index contributed by atoms with van der Waals surface area (Å²) >= 11 is 0. The molecule has 0 radical (unpaired) electrons. The number of anilines is 1. The summed E-state index contributed by atoms with van der Waals surface area (Å²) in [5.41, 5.74) is 5.82. The maximum Gasteiger partial charge on any atom is 0.287 e. The van der Waals surface area contributed by atoms with Crippen LogP contribution in [0.15, 0.2) is 18.3 Å². The number of hydrogen-bond acceptors (Lipinski definition) is 5. The Labute approximate surface area is 106 Å². The number of nitrogens with zero attached hydrogens (tertiary/aromatic N) is 3. The van der Waals surface area contributed by atoms with Crippen molar-refractivity contribution in [1.82, 2.24) is 4.98 Å². The van der Waals surface area contributed by atoms with Crippen LogP contribution in [-0.4, -0.2) is 29.0 Å². The van der Waals surface area contributed by atoms with Crippen molar-refractivity contribution in [3.8, 4) is 0 Å². The first kappa shape index (κ1) is 12.8. The van der Waals surface area contributed by atoms with Gasteiger partial charge >= 0.3 is 0 Å². The molecular formula is C12H18N4O2. The third kappa shape index (κ3) is 2.59. The zero-order valence-corrected chi connectivity index (χ0v) is 10.5. The Hall–Kier alpha value is -1.69. The van der Waals surface area contributed by atoms with E-state index in [1.165, 1.54) is 12.3 Å². The molecule has 2 heterocycles. The Morgan fingerprint density at radius 3 is 2.94 bits per heavy atom. The van der Waals surface area contributed by atoms with Crippen LogP contribution in [0.4, 0.5) is 11.5 Å². The van der Waals surface area contributed by atoms with Crippen molar-refractivity contribution in [2.75, 3.05) is 18.0 Å². The normalized spacial score (nSPS) is 24.0. The van der Waals surface area contributed by atoms with Crippen molar-refractivity contribution in [1.29, 1.82) is 0 Å². The molecule has 2 unspecified atom stereocenters. The summed E-state index contributed by atoms with van der Waals surface area (Å²) < 4.78 is 0. The summed E-state index contributed by atoms with van der Waals surface area (Å²) in [6, 6.07) is 3.48. The lowest BCUT2D eigenvalue weighted by atomic mass is 9.92. The molecule has 1 aliphatic rings. The van der Waals surface area contributed by atoms with E-state index in [9.17, 15) is 10.1 Å². The van der Waals surface area contributed by atoms with Gasteiger partial charge in [-0.05, 0) is 24.8 Å². The molecule has 1 aromatic rings. The molecule has 1 fully saturated rings. The van der Waals surface area contributed by atoms with E-state index in [-0.39, 0.29) is 11.7 Å². The van der Waals surface area contributed by atoms with Gasteiger partial charge in [-0.2, -0.15) is 0 Å². The summed E-state index contributed by atoms with van der Waals surface area (Å²) in [6.07, 6.45) is 3.46. The van der Waals surface area contributed by atoms with Gasteiger partial charge in [-0.15, -0.1) is 0 Å². The lowest BCUT2D eigenvalue weighted by molar-refractivity contribution is -0.385. The minimum absolute atomic E-state index is 0.0217. The van der Waals surface area contributed by atoms with Crippen LogP contribution < -0.4 is 10.6 Å². The third-order valence-electron chi connectivity index (χ3n) is 3.49. The molecule has 6 nitrogen and oxygen atoms in total. The number of piperidine rings is 1. The van der Waals surface area contributed by atoms with Gasteiger partial charge in [0.15, 0.2) is 0 Å². The van der Waals surface area contributed by atoms with E-state index in [1.54, 1.807) is 6.07 Å². The molecule has 1 aliphatic heterocycles. The Kier molecular flexibility index (Phi) is 3.76. The average molecular weight is 250 g/mol. The lowest BCUT2D eigenvalue weighted by Crippen LogP contribution is -2.46. The number of nitrogens with two attached hydrogens (primary N) is 1. The van der Waals surface area contributed by atoms with E-state index in [4.69, 9.17) is 5.73 Å². The predicted octanol–water partition coefficient (Wildman–Crippen LogP) is 1.55. The first-order valence-corrected chi connectivity index (χ1v) is 6.19. The maximum absolute atomic E-state index is 10.6. The highest BCUT2D eigenvalue weighted by atomic mass is 16.6. The molecular weight excluding hydrogens is 232 g/mol. The van der Waals surface area contributed by atoms with Crippen LogP contribution in [0.5, 0.6) is 0 Å². The summed E-state index contributed by atoms with van der Waals surface area (Å²) in [4.78, 5) is 16.5.